The Balaban J connectivity index is 2.47. The normalized spacial score (nSPS) is 24.2. The van der Waals surface area contributed by atoms with Crippen LogP contribution in [-0.2, 0) is 9.47 Å². The van der Waals surface area contributed by atoms with Crippen LogP contribution in [0, 0.1) is 0 Å². The van der Waals surface area contributed by atoms with Crippen molar-refractivity contribution in [1.82, 2.24) is 10.2 Å². The zero-order chi connectivity index (χ0) is 12.7. The third-order valence-corrected chi connectivity index (χ3v) is 3.31. The number of nitrogens with one attached hydrogen (secondary N) is 1. The minimum atomic E-state index is 0.248. The van der Waals surface area contributed by atoms with E-state index >= 15 is 0 Å². The molecule has 17 heavy (non-hydrogen) atoms. The van der Waals surface area contributed by atoms with Gasteiger partial charge in [-0.15, -0.1) is 0 Å². The van der Waals surface area contributed by atoms with Crippen molar-refractivity contribution in [3.63, 3.8) is 0 Å². The fourth-order valence-electron chi connectivity index (χ4n) is 2.22. The van der Waals surface area contributed by atoms with E-state index in [0.29, 0.717) is 12.1 Å². The molecule has 1 N–H and O–H groups in total. The van der Waals surface area contributed by atoms with Crippen molar-refractivity contribution in [2.75, 3.05) is 40.0 Å². The van der Waals surface area contributed by atoms with Crippen LogP contribution < -0.4 is 5.32 Å². The highest BCUT2D eigenvalue weighted by atomic mass is 16.5. The van der Waals surface area contributed by atoms with Gasteiger partial charge in [-0.2, -0.15) is 0 Å². The predicted molar refractivity (Wildman–Crippen MR) is 70.4 cm³/mol. The van der Waals surface area contributed by atoms with Crippen LogP contribution in [0.3, 0.4) is 0 Å². The Kier molecular flexibility index (Phi) is 7.04. The molecule has 0 aromatic carbocycles. The second kappa shape index (κ2) is 8.03. The molecule has 4 nitrogen and oxygen atoms in total. The maximum absolute atomic E-state index is 5.89. The molecular formula is C13H28N2O2. The first-order chi connectivity index (χ1) is 8.19. The third-order valence-electron chi connectivity index (χ3n) is 3.31. The largest absolute Gasteiger partial charge is 0.383 e. The summed E-state index contributed by atoms with van der Waals surface area (Å²) in [6, 6.07) is 0.900. The van der Waals surface area contributed by atoms with E-state index in [4.69, 9.17) is 9.47 Å². The van der Waals surface area contributed by atoms with Gasteiger partial charge in [-0.25, -0.2) is 0 Å². The van der Waals surface area contributed by atoms with Gasteiger partial charge in [0.05, 0.1) is 25.4 Å². The van der Waals surface area contributed by atoms with Crippen LogP contribution in [0.4, 0.5) is 0 Å². The number of nitrogens with zero attached hydrogens (tertiary/aromatic N) is 1. The summed E-state index contributed by atoms with van der Waals surface area (Å²) in [5.41, 5.74) is 0. The molecule has 0 aromatic heterocycles. The molecule has 2 unspecified atom stereocenters. The molecule has 2 atom stereocenters. The molecular weight excluding hydrogens is 216 g/mol. The third kappa shape index (κ3) is 4.92. The Morgan fingerprint density at radius 3 is 2.82 bits per heavy atom. The molecule has 102 valence electrons. The summed E-state index contributed by atoms with van der Waals surface area (Å²) >= 11 is 0. The van der Waals surface area contributed by atoms with Crippen molar-refractivity contribution in [2.24, 2.45) is 0 Å². The lowest BCUT2D eigenvalue weighted by Gasteiger charge is -2.39. The van der Waals surface area contributed by atoms with E-state index in [0.717, 1.165) is 39.3 Å². The molecule has 1 fully saturated rings. The predicted octanol–water partition coefficient (Wildman–Crippen LogP) is 1.11. The highest BCUT2D eigenvalue weighted by Gasteiger charge is 2.28. The van der Waals surface area contributed by atoms with Gasteiger partial charge in [0.15, 0.2) is 0 Å². The Morgan fingerprint density at radius 1 is 1.47 bits per heavy atom. The first-order valence-corrected chi connectivity index (χ1v) is 6.77. The number of hydrogen-bond donors (Lipinski definition) is 1. The molecule has 0 aliphatic carbocycles. The van der Waals surface area contributed by atoms with Crippen molar-refractivity contribution >= 4 is 0 Å². The molecule has 1 saturated heterocycles. The first kappa shape index (κ1) is 14.9. The number of ether oxygens (including phenoxy) is 2. The quantitative estimate of drug-likeness (QED) is 0.727. The van der Waals surface area contributed by atoms with E-state index in [-0.39, 0.29) is 6.10 Å². The lowest BCUT2D eigenvalue weighted by Crippen LogP contribution is -2.55. The van der Waals surface area contributed by atoms with Gasteiger partial charge < -0.3 is 14.8 Å². The summed E-state index contributed by atoms with van der Waals surface area (Å²) < 4.78 is 11.2. The van der Waals surface area contributed by atoms with E-state index < -0.39 is 0 Å². The van der Waals surface area contributed by atoms with Crippen molar-refractivity contribution < 1.29 is 9.47 Å². The van der Waals surface area contributed by atoms with E-state index in [1.165, 1.54) is 0 Å². The number of rotatable bonds is 7. The van der Waals surface area contributed by atoms with Crippen molar-refractivity contribution in [2.45, 2.75) is 45.4 Å². The highest BCUT2D eigenvalue weighted by molar-refractivity contribution is 4.84. The SMILES string of the molecule is CCCNC(COC)C1CN(C(C)C)CCO1. The van der Waals surface area contributed by atoms with Gasteiger partial charge in [0.25, 0.3) is 0 Å². The minimum absolute atomic E-state index is 0.248. The fraction of sp³-hybridized carbons (Fsp3) is 1.00. The minimum Gasteiger partial charge on any atom is -0.383 e. The molecule has 1 rings (SSSR count). The van der Waals surface area contributed by atoms with Gasteiger partial charge in [0.2, 0.25) is 0 Å². The molecule has 0 saturated carbocycles. The Bertz CT molecular complexity index is 200. The smallest absolute Gasteiger partial charge is 0.0877 e. The Labute approximate surface area is 106 Å². The summed E-state index contributed by atoms with van der Waals surface area (Å²) in [5, 5.41) is 3.52. The van der Waals surface area contributed by atoms with Crippen LogP contribution in [0.2, 0.25) is 0 Å². The number of hydrogen-bond acceptors (Lipinski definition) is 4. The zero-order valence-corrected chi connectivity index (χ0v) is 11.7. The van der Waals surface area contributed by atoms with Crippen LogP contribution in [0.25, 0.3) is 0 Å². The van der Waals surface area contributed by atoms with Gasteiger partial charge in [0.1, 0.15) is 0 Å². The second-order valence-electron chi connectivity index (χ2n) is 5.01. The lowest BCUT2D eigenvalue weighted by molar-refractivity contribution is -0.0657. The molecule has 0 radical (unpaired) electrons. The highest BCUT2D eigenvalue weighted by Crippen LogP contribution is 2.12. The number of morpholine rings is 1. The van der Waals surface area contributed by atoms with Crippen LogP contribution >= 0.6 is 0 Å². The molecule has 1 aliphatic rings. The van der Waals surface area contributed by atoms with E-state index in [9.17, 15) is 0 Å². The first-order valence-electron chi connectivity index (χ1n) is 6.77. The summed E-state index contributed by atoms with van der Waals surface area (Å²) in [7, 11) is 1.75. The van der Waals surface area contributed by atoms with Crippen molar-refractivity contribution in [3.8, 4) is 0 Å². The lowest BCUT2D eigenvalue weighted by atomic mass is 10.1. The van der Waals surface area contributed by atoms with Gasteiger partial charge in [0, 0.05) is 26.2 Å². The van der Waals surface area contributed by atoms with E-state index in [2.05, 4.69) is 31.0 Å². The average molecular weight is 244 g/mol. The van der Waals surface area contributed by atoms with E-state index in [1.807, 2.05) is 0 Å². The maximum atomic E-state index is 5.89. The Hall–Kier alpha value is -0.160. The van der Waals surface area contributed by atoms with Crippen LogP contribution in [-0.4, -0.2) is 63.0 Å². The molecule has 0 spiro atoms. The summed E-state index contributed by atoms with van der Waals surface area (Å²) in [4.78, 5) is 2.48. The molecule has 1 heterocycles. The average Bonchev–Trinajstić information content (AvgIpc) is 2.34. The molecule has 1 aliphatic heterocycles. The maximum Gasteiger partial charge on any atom is 0.0877 e. The van der Waals surface area contributed by atoms with Crippen molar-refractivity contribution in [3.05, 3.63) is 0 Å². The van der Waals surface area contributed by atoms with Crippen LogP contribution in [0.15, 0.2) is 0 Å². The van der Waals surface area contributed by atoms with Gasteiger partial charge in [-0.1, -0.05) is 6.92 Å². The fourth-order valence-corrected chi connectivity index (χ4v) is 2.22. The monoisotopic (exact) mass is 244 g/mol. The van der Waals surface area contributed by atoms with E-state index in [1.54, 1.807) is 7.11 Å². The van der Waals surface area contributed by atoms with Gasteiger partial charge >= 0.3 is 0 Å². The molecule has 0 bridgehead atoms. The number of methoxy groups -OCH3 is 1. The molecule has 4 heteroatoms. The zero-order valence-electron chi connectivity index (χ0n) is 11.7. The summed E-state index contributed by atoms with van der Waals surface area (Å²) in [6.45, 7) is 11.3. The van der Waals surface area contributed by atoms with Crippen LogP contribution in [0.5, 0.6) is 0 Å². The van der Waals surface area contributed by atoms with Crippen LogP contribution in [0.1, 0.15) is 27.2 Å². The molecule has 0 amide bonds. The second-order valence-corrected chi connectivity index (χ2v) is 5.01. The summed E-state index contributed by atoms with van der Waals surface area (Å²) in [6.07, 6.45) is 1.39. The standard InChI is InChI=1S/C13H28N2O2/c1-5-6-14-12(10-16-4)13-9-15(11(2)3)7-8-17-13/h11-14H,5-10H2,1-4H3. The van der Waals surface area contributed by atoms with Gasteiger partial charge in [-0.3, -0.25) is 4.90 Å². The van der Waals surface area contributed by atoms with Gasteiger partial charge in [-0.05, 0) is 26.8 Å². The van der Waals surface area contributed by atoms with Crippen molar-refractivity contribution in [1.29, 1.82) is 0 Å². The molecule has 0 aromatic rings. The Morgan fingerprint density at radius 2 is 2.24 bits per heavy atom. The summed E-state index contributed by atoms with van der Waals surface area (Å²) in [5.74, 6) is 0. The topological polar surface area (TPSA) is 33.7 Å².